The largest absolute Gasteiger partial charge is 0.383 e. The highest BCUT2D eigenvalue weighted by molar-refractivity contribution is 5.85. The van der Waals surface area contributed by atoms with E-state index >= 15 is 0 Å². The van der Waals surface area contributed by atoms with Crippen LogP contribution in [0.2, 0.25) is 0 Å². The van der Waals surface area contributed by atoms with Gasteiger partial charge in [-0.3, -0.25) is 4.79 Å². The molecule has 0 saturated carbocycles. The summed E-state index contributed by atoms with van der Waals surface area (Å²) in [6.45, 7) is 4.20. The highest BCUT2D eigenvalue weighted by Crippen LogP contribution is 2.19. The molecule has 0 spiro atoms. The molecule has 1 rings (SSSR count). The number of likely N-dealkylation sites (tertiary alicyclic amines) is 1. The average Bonchev–Trinajstić information content (AvgIpc) is 2.65. The fourth-order valence-corrected chi connectivity index (χ4v) is 1.85. The average molecular weight is 237 g/mol. The molecule has 1 aliphatic heterocycles. The molecule has 4 nitrogen and oxygen atoms in total. The maximum Gasteiger partial charge on any atom is 0.241 e. The summed E-state index contributed by atoms with van der Waals surface area (Å²) >= 11 is 0. The van der Waals surface area contributed by atoms with Crippen LogP contribution >= 0.6 is 12.4 Å². The van der Waals surface area contributed by atoms with Crippen molar-refractivity contribution in [3.63, 3.8) is 0 Å². The Morgan fingerprint density at radius 1 is 1.67 bits per heavy atom. The van der Waals surface area contributed by atoms with Crippen LogP contribution in [0.15, 0.2) is 0 Å². The SMILES string of the molecule is CCC1CCN(C(=O)C(N)COC)C1.Cl. The zero-order valence-electron chi connectivity index (χ0n) is 9.44. The zero-order valence-corrected chi connectivity index (χ0v) is 10.3. The topological polar surface area (TPSA) is 55.6 Å². The van der Waals surface area contributed by atoms with Crippen LogP contribution in [0.3, 0.4) is 0 Å². The molecule has 2 atom stereocenters. The molecule has 1 amide bonds. The van der Waals surface area contributed by atoms with E-state index in [1.54, 1.807) is 7.11 Å². The molecule has 1 saturated heterocycles. The second-order valence-electron chi connectivity index (χ2n) is 3.91. The Kier molecular flexibility index (Phi) is 6.89. The molecule has 1 aliphatic rings. The molecule has 0 aromatic rings. The summed E-state index contributed by atoms with van der Waals surface area (Å²) in [7, 11) is 1.56. The number of hydrogen-bond donors (Lipinski definition) is 1. The van der Waals surface area contributed by atoms with Crippen molar-refractivity contribution < 1.29 is 9.53 Å². The van der Waals surface area contributed by atoms with E-state index in [4.69, 9.17) is 10.5 Å². The van der Waals surface area contributed by atoms with Crippen molar-refractivity contribution in [3.05, 3.63) is 0 Å². The molecular formula is C10H21ClN2O2. The van der Waals surface area contributed by atoms with Gasteiger partial charge >= 0.3 is 0 Å². The lowest BCUT2D eigenvalue weighted by Gasteiger charge is -2.20. The van der Waals surface area contributed by atoms with Gasteiger partial charge in [0.15, 0.2) is 0 Å². The van der Waals surface area contributed by atoms with Crippen molar-refractivity contribution in [2.24, 2.45) is 11.7 Å². The third kappa shape index (κ3) is 3.97. The van der Waals surface area contributed by atoms with Gasteiger partial charge < -0.3 is 15.4 Å². The highest BCUT2D eigenvalue weighted by Gasteiger charge is 2.28. The number of amides is 1. The molecule has 0 bridgehead atoms. The van der Waals surface area contributed by atoms with E-state index in [-0.39, 0.29) is 18.3 Å². The molecule has 0 radical (unpaired) electrons. The van der Waals surface area contributed by atoms with Gasteiger partial charge in [-0.15, -0.1) is 12.4 Å². The van der Waals surface area contributed by atoms with Crippen LogP contribution in [0.4, 0.5) is 0 Å². The number of ether oxygens (including phenoxy) is 1. The summed E-state index contributed by atoms with van der Waals surface area (Å²) in [6.07, 6.45) is 2.26. The number of carbonyl (C=O) groups is 1. The number of halogens is 1. The van der Waals surface area contributed by atoms with Gasteiger partial charge in [0, 0.05) is 20.2 Å². The Hall–Kier alpha value is -0.320. The predicted octanol–water partition coefficient (Wildman–Crippen LogP) is 0.640. The Balaban J connectivity index is 0.00000196. The molecule has 5 heteroatoms. The third-order valence-electron chi connectivity index (χ3n) is 2.84. The summed E-state index contributed by atoms with van der Waals surface area (Å²) in [6, 6.07) is -0.490. The lowest BCUT2D eigenvalue weighted by Crippen LogP contribution is -2.45. The molecule has 15 heavy (non-hydrogen) atoms. The van der Waals surface area contributed by atoms with Crippen LogP contribution in [-0.4, -0.2) is 43.7 Å². The second kappa shape index (κ2) is 7.04. The summed E-state index contributed by atoms with van der Waals surface area (Å²) in [5, 5.41) is 0. The minimum atomic E-state index is -0.490. The van der Waals surface area contributed by atoms with Gasteiger partial charge in [-0.2, -0.15) is 0 Å². The first kappa shape index (κ1) is 14.7. The van der Waals surface area contributed by atoms with Crippen molar-refractivity contribution >= 4 is 18.3 Å². The van der Waals surface area contributed by atoms with Crippen LogP contribution in [0.5, 0.6) is 0 Å². The lowest BCUT2D eigenvalue weighted by molar-refractivity contribution is -0.132. The molecule has 2 unspecified atom stereocenters. The van der Waals surface area contributed by atoms with Crippen molar-refractivity contribution in [1.82, 2.24) is 4.90 Å². The fraction of sp³-hybridized carbons (Fsp3) is 0.900. The predicted molar refractivity (Wildman–Crippen MR) is 62.1 cm³/mol. The standard InChI is InChI=1S/C10H20N2O2.ClH/c1-3-8-4-5-12(6-8)10(13)9(11)7-14-2;/h8-9H,3-7,11H2,1-2H3;1H. The van der Waals surface area contributed by atoms with Crippen LogP contribution in [0, 0.1) is 5.92 Å². The Morgan fingerprint density at radius 3 is 2.80 bits per heavy atom. The van der Waals surface area contributed by atoms with Crippen LogP contribution in [0.25, 0.3) is 0 Å². The maximum atomic E-state index is 11.7. The van der Waals surface area contributed by atoms with Crippen LogP contribution in [-0.2, 0) is 9.53 Å². The van der Waals surface area contributed by atoms with Gasteiger partial charge in [0.2, 0.25) is 5.91 Å². The van der Waals surface area contributed by atoms with E-state index in [1.807, 2.05) is 4.90 Å². The fourth-order valence-electron chi connectivity index (χ4n) is 1.85. The molecule has 0 aromatic heterocycles. The van der Waals surface area contributed by atoms with Gasteiger partial charge in [-0.1, -0.05) is 13.3 Å². The van der Waals surface area contributed by atoms with E-state index in [2.05, 4.69) is 6.92 Å². The number of methoxy groups -OCH3 is 1. The first-order chi connectivity index (χ1) is 6.69. The normalized spacial score (nSPS) is 22.3. The highest BCUT2D eigenvalue weighted by atomic mass is 35.5. The minimum absolute atomic E-state index is 0. The number of nitrogens with two attached hydrogens (primary N) is 1. The van der Waals surface area contributed by atoms with E-state index < -0.39 is 6.04 Å². The van der Waals surface area contributed by atoms with Gasteiger partial charge in [0.05, 0.1) is 6.61 Å². The number of carbonyl (C=O) groups excluding carboxylic acids is 1. The summed E-state index contributed by atoms with van der Waals surface area (Å²) in [5.74, 6) is 0.691. The van der Waals surface area contributed by atoms with Crippen molar-refractivity contribution in [2.45, 2.75) is 25.8 Å². The summed E-state index contributed by atoms with van der Waals surface area (Å²) in [5.41, 5.74) is 5.68. The van der Waals surface area contributed by atoms with E-state index in [9.17, 15) is 4.79 Å². The number of hydrogen-bond acceptors (Lipinski definition) is 3. The van der Waals surface area contributed by atoms with Crippen LogP contribution in [0.1, 0.15) is 19.8 Å². The Morgan fingerprint density at radius 2 is 2.33 bits per heavy atom. The third-order valence-corrected chi connectivity index (χ3v) is 2.84. The number of nitrogens with zero attached hydrogens (tertiary/aromatic N) is 1. The van der Waals surface area contributed by atoms with Gasteiger partial charge in [-0.05, 0) is 12.3 Å². The van der Waals surface area contributed by atoms with E-state index in [1.165, 1.54) is 0 Å². The molecule has 0 aromatic carbocycles. The Labute approximate surface area is 97.5 Å². The van der Waals surface area contributed by atoms with E-state index in [0.29, 0.717) is 12.5 Å². The smallest absolute Gasteiger partial charge is 0.241 e. The van der Waals surface area contributed by atoms with E-state index in [0.717, 1.165) is 25.9 Å². The molecule has 1 fully saturated rings. The maximum absolute atomic E-state index is 11.7. The van der Waals surface area contributed by atoms with Gasteiger partial charge in [0.1, 0.15) is 6.04 Å². The quantitative estimate of drug-likeness (QED) is 0.780. The molecule has 2 N–H and O–H groups in total. The van der Waals surface area contributed by atoms with Gasteiger partial charge in [-0.25, -0.2) is 0 Å². The van der Waals surface area contributed by atoms with Crippen molar-refractivity contribution in [3.8, 4) is 0 Å². The Bertz CT molecular complexity index is 202. The molecular weight excluding hydrogens is 216 g/mol. The zero-order chi connectivity index (χ0) is 10.6. The molecule has 90 valence electrons. The summed E-state index contributed by atoms with van der Waals surface area (Å²) < 4.78 is 4.86. The molecule has 1 heterocycles. The monoisotopic (exact) mass is 236 g/mol. The second-order valence-corrected chi connectivity index (χ2v) is 3.91. The van der Waals surface area contributed by atoms with Crippen LogP contribution < -0.4 is 5.73 Å². The lowest BCUT2D eigenvalue weighted by atomic mass is 10.1. The van der Waals surface area contributed by atoms with Crippen molar-refractivity contribution in [2.75, 3.05) is 26.8 Å². The first-order valence-corrected chi connectivity index (χ1v) is 5.22. The summed E-state index contributed by atoms with van der Waals surface area (Å²) in [4.78, 5) is 13.6. The van der Waals surface area contributed by atoms with Crippen molar-refractivity contribution in [1.29, 1.82) is 0 Å². The first-order valence-electron chi connectivity index (χ1n) is 5.22. The molecule has 0 aliphatic carbocycles. The number of rotatable bonds is 4. The minimum Gasteiger partial charge on any atom is -0.383 e. The van der Waals surface area contributed by atoms with Gasteiger partial charge in [0.25, 0.3) is 0 Å².